The van der Waals surface area contributed by atoms with Crippen LogP contribution in [0, 0.1) is 0 Å². The second-order valence-electron chi connectivity index (χ2n) is 4.83. The van der Waals surface area contributed by atoms with Crippen LogP contribution >= 0.6 is 0 Å². The summed E-state index contributed by atoms with van der Waals surface area (Å²) in [6.45, 7) is 9.14. The predicted molar refractivity (Wildman–Crippen MR) is 51.5 cm³/mol. The van der Waals surface area contributed by atoms with Gasteiger partial charge in [-0.3, -0.25) is 0 Å². The number of hydrogen-bond acceptors (Lipinski definition) is 4. The maximum atomic E-state index is 6.62. The third-order valence-electron chi connectivity index (χ3n) is 2.28. The lowest BCUT2D eigenvalue weighted by molar-refractivity contribution is -0.465. The summed E-state index contributed by atoms with van der Waals surface area (Å²) in [5.41, 5.74) is 0.726. The van der Waals surface area contributed by atoms with Crippen LogP contribution in [0.2, 0.25) is 0 Å². The van der Waals surface area contributed by atoms with E-state index in [1.807, 2.05) is 0 Å². The van der Waals surface area contributed by atoms with E-state index in [1.165, 1.54) is 19.3 Å². The minimum Gasteiger partial charge on any atom is -0.307 e. The van der Waals surface area contributed by atoms with Crippen LogP contribution in [0.4, 0.5) is 0 Å². The molecule has 0 amide bonds. The van der Waals surface area contributed by atoms with Crippen molar-refractivity contribution in [2.75, 3.05) is 0 Å². The van der Waals surface area contributed by atoms with Gasteiger partial charge >= 0.3 is 0 Å². The van der Waals surface area contributed by atoms with E-state index in [0.717, 1.165) is 0 Å². The van der Waals surface area contributed by atoms with Crippen LogP contribution in [-0.4, -0.2) is 21.6 Å². The van der Waals surface area contributed by atoms with Crippen molar-refractivity contribution in [2.45, 2.75) is 58.0 Å². The minimum atomic E-state index is 0.363. The molecule has 0 aromatic heterocycles. The van der Waals surface area contributed by atoms with Gasteiger partial charge in [-0.05, 0) is 47.0 Å². The SMILES string of the molecule is CC1(C)CCCC(C)(C)N1.OOO. The van der Waals surface area contributed by atoms with Gasteiger partial charge in [-0.2, -0.15) is 0 Å². The lowest BCUT2D eigenvalue weighted by Crippen LogP contribution is -2.55. The molecule has 1 fully saturated rings. The molecule has 1 heterocycles. The number of rotatable bonds is 0. The standard InChI is InChI=1S/C9H19N.H2O3/c1-8(2)6-5-7-9(3,4)10-8;1-3-2/h10H,5-7H2,1-4H3;1-2H. The van der Waals surface area contributed by atoms with E-state index in [9.17, 15) is 0 Å². The van der Waals surface area contributed by atoms with Gasteiger partial charge in [0.15, 0.2) is 0 Å². The third kappa shape index (κ3) is 5.99. The molecule has 0 unspecified atom stereocenters. The van der Waals surface area contributed by atoms with Crippen molar-refractivity contribution in [3.8, 4) is 0 Å². The molecule has 0 aliphatic carbocycles. The van der Waals surface area contributed by atoms with E-state index in [-0.39, 0.29) is 0 Å². The van der Waals surface area contributed by atoms with Gasteiger partial charge in [0.1, 0.15) is 0 Å². The first-order valence-electron chi connectivity index (χ1n) is 4.57. The molecule has 1 saturated heterocycles. The highest BCUT2D eigenvalue weighted by Crippen LogP contribution is 2.27. The Morgan fingerprint density at radius 1 is 1.00 bits per heavy atom. The average molecular weight is 191 g/mol. The van der Waals surface area contributed by atoms with Gasteiger partial charge in [0.05, 0.1) is 0 Å². The highest BCUT2D eigenvalue weighted by molar-refractivity contribution is 4.92. The van der Waals surface area contributed by atoms with Crippen LogP contribution in [0.25, 0.3) is 0 Å². The quantitative estimate of drug-likeness (QED) is 0.406. The molecular formula is C9H21NO3. The molecule has 0 aromatic carbocycles. The summed E-state index contributed by atoms with van der Waals surface area (Å²) in [4.78, 5) is 0. The molecule has 4 heteroatoms. The van der Waals surface area contributed by atoms with E-state index in [4.69, 9.17) is 10.5 Å². The Kier molecular flexibility index (Phi) is 4.85. The summed E-state index contributed by atoms with van der Waals surface area (Å²) in [6, 6.07) is 0. The molecule has 1 aliphatic rings. The summed E-state index contributed by atoms with van der Waals surface area (Å²) < 4.78 is 0. The summed E-state index contributed by atoms with van der Waals surface area (Å²) in [7, 11) is 0. The van der Waals surface area contributed by atoms with Gasteiger partial charge in [-0.1, -0.05) is 5.04 Å². The van der Waals surface area contributed by atoms with Crippen molar-refractivity contribution in [1.29, 1.82) is 0 Å². The Morgan fingerprint density at radius 3 is 1.46 bits per heavy atom. The zero-order chi connectivity index (χ0) is 10.5. The maximum Gasteiger partial charge on any atom is 0.0130 e. The highest BCUT2D eigenvalue weighted by Gasteiger charge is 2.31. The second kappa shape index (κ2) is 4.91. The zero-order valence-electron chi connectivity index (χ0n) is 8.92. The van der Waals surface area contributed by atoms with Crippen molar-refractivity contribution in [1.82, 2.24) is 5.32 Å². The first-order chi connectivity index (χ1) is 5.83. The molecule has 80 valence electrons. The summed E-state index contributed by atoms with van der Waals surface area (Å²) in [5, 5.41) is 19.1. The average Bonchev–Trinajstić information content (AvgIpc) is 1.82. The molecule has 0 spiro atoms. The van der Waals surface area contributed by atoms with Gasteiger partial charge in [-0.25, -0.2) is 10.5 Å². The molecule has 0 atom stereocenters. The van der Waals surface area contributed by atoms with Gasteiger partial charge in [-0.15, -0.1) is 0 Å². The molecule has 1 aliphatic heterocycles. The van der Waals surface area contributed by atoms with Crippen molar-refractivity contribution < 1.29 is 15.6 Å². The Morgan fingerprint density at radius 2 is 1.31 bits per heavy atom. The van der Waals surface area contributed by atoms with Gasteiger partial charge in [0.25, 0.3) is 0 Å². The molecule has 0 bridgehead atoms. The molecule has 13 heavy (non-hydrogen) atoms. The lowest BCUT2D eigenvalue weighted by Gasteiger charge is -2.42. The van der Waals surface area contributed by atoms with E-state index < -0.39 is 0 Å². The van der Waals surface area contributed by atoms with Crippen molar-refractivity contribution in [3.63, 3.8) is 0 Å². The fraction of sp³-hybridized carbons (Fsp3) is 1.00. The molecule has 0 radical (unpaired) electrons. The largest absolute Gasteiger partial charge is 0.307 e. The fourth-order valence-electron chi connectivity index (χ4n) is 2.01. The van der Waals surface area contributed by atoms with E-state index in [0.29, 0.717) is 11.1 Å². The summed E-state index contributed by atoms with van der Waals surface area (Å²) >= 11 is 0. The molecule has 0 aromatic rings. The minimum absolute atomic E-state index is 0.363. The van der Waals surface area contributed by atoms with Crippen LogP contribution in [0.15, 0.2) is 0 Å². The van der Waals surface area contributed by atoms with Crippen molar-refractivity contribution >= 4 is 0 Å². The Bertz CT molecular complexity index is 132. The van der Waals surface area contributed by atoms with Crippen LogP contribution in [0.1, 0.15) is 47.0 Å². The smallest absolute Gasteiger partial charge is 0.0130 e. The molecule has 1 rings (SSSR count). The van der Waals surface area contributed by atoms with Gasteiger partial charge < -0.3 is 5.32 Å². The molecule has 0 saturated carbocycles. The fourth-order valence-corrected chi connectivity index (χ4v) is 2.01. The monoisotopic (exact) mass is 191 g/mol. The number of nitrogens with one attached hydrogen (secondary N) is 1. The third-order valence-corrected chi connectivity index (χ3v) is 2.28. The second-order valence-corrected chi connectivity index (χ2v) is 4.83. The van der Waals surface area contributed by atoms with Gasteiger partial charge in [0.2, 0.25) is 0 Å². The van der Waals surface area contributed by atoms with Gasteiger partial charge in [0, 0.05) is 11.1 Å². The predicted octanol–water partition coefficient (Wildman–Crippen LogP) is 2.27. The molecule has 3 N–H and O–H groups in total. The lowest BCUT2D eigenvalue weighted by atomic mass is 9.83. The van der Waals surface area contributed by atoms with E-state index in [1.54, 1.807) is 0 Å². The maximum absolute atomic E-state index is 6.62. The zero-order valence-corrected chi connectivity index (χ0v) is 8.92. The van der Waals surface area contributed by atoms with Crippen molar-refractivity contribution in [3.05, 3.63) is 0 Å². The number of hydrogen-bond donors (Lipinski definition) is 3. The van der Waals surface area contributed by atoms with Crippen LogP contribution in [0.5, 0.6) is 0 Å². The first kappa shape index (κ1) is 12.8. The Balaban J connectivity index is 0.000000424. The van der Waals surface area contributed by atoms with Crippen LogP contribution in [-0.2, 0) is 5.04 Å². The topological polar surface area (TPSA) is 61.7 Å². The normalized spacial score (nSPS) is 24.5. The Hall–Kier alpha value is -0.160. The van der Waals surface area contributed by atoms with E-state index >= 15 is 0 Å². The van der Waals surface area contributed by atoms with Crippen molar-refractivity contribution in [2.24, 2.45) is 0 Å². The van der Waals surface area contributed by atoms with E-state index in [2.05, 4.69) is 38.1 Å². The van der Waals surface area contributed by atoms with Crippen LogP contribution in [0.3, 0.4) is 0 Å². The molecule has 4 nitrogen and oxygen atoms in total. The summed E-state index contributed by atoms with van der Waals surface area (Å²) in [5.74, 6) is 0. The number of piperidine rings is 1. The first-order valence-corrected chi connectivity index (χ1v) is 4.57. The highest BCUT2D eigenvalue weighted by atomic mass is 17.4. The Labute approximate surface area is 79.8 Å². The van der Waals surface area contributed by atoms with Crippen LogP contribution < -0.4 is 5.32 Å². The summed E-state index contributed by atoms with van der Waals surface area (Å²) in [6.07, 6.45) is 4.00. The molecular weight excluding hydrogens is 170 g/mol.